The Morgan fingerprint density at radius 2 is 2.05 bits per heavy atom. The number of carbonyl (C=O) groups excluding carboxylic acids is 1. The van der Waals surface area contributed by atoms with Gasteiger partial charge in [-0.15, -0.1) is 5.10 Å². The number of halogens is 1. The van der Waals surface area contributed by atoms with Crippen molar-refractivity contribution in [2.75, 3.05) is 11.9 Å². The van der Waals surface area contributed by atoms with Gasteiger partial charge in [-0.3, -0.25) is 4.79 Å². The van der Waals surface area contributed by atoms with Crippen molar-refractivity contribution in [3.63, 3.8) is 0 Å². The maximum atomic E-state index is 12.3. The first-order chi connectivity index (χ1) is 9.52. The summed E-state index contributed by atoms with van der Waals surface area (Å²) in [5.41, 5.74) is 0.891. The number of aromatic nitrogens is 2. The largest absolute Gasteiger partial charge is 0.475 e. The maximum absolute atomic E-state index is 12.3. The summed E-state index contributed by atoms with van der Waals surface area (Å²) in [4.78, 5) is 14.0. The van der Waals surface area contributed by atoms with Gasteiger partial charge in [-0.05, 0) is 19.1 Å². The molecule has 2 aliphatic rings. The van der Waals surface area contributed by atoms with E-state index in [1.54, 1.807) is 11.9 Å². The average Bonchev–Trinajstić information content (AvgIpc) is 3.20. The van der Waals surface area contributed by atoms with Crippen molar-refractivity contribution in [1.29, 1.82) is 0 Å². The number of fused-ring (bicyclic) bond motifs is 2. The van der Waals surface area contributed by atoms with E-state index in [0.717, 1.165) is 35.0 Å². The number of ether oxygens (including phenoxy) is 1. The molecule has 5 nitrogen and oxygen atoms in total. The first kappa shape index (κ1) is 11.9. The van der Waals surface area contributed by atoms with Crippen LogP contribution in [0.3, 0.4) is 0 Å². The second kappa shape index (κ2) is 3.61. The molecule has 0 saturated heterocycles. The van der Waals surface area contributed by atoms with Crippen LogP contribution >= 0.6 is 11.6 Å². The van der Waals surface area contributed by atoms with Crippen LogP contribution in [0.25, 0.3) is 10.8 Å². The lowest BCUT2D eigenvalue weighted by molar-refractivity contribution is -0.127. The van der Waals surface area contributed by atoms with Crippen molar-refractivity contribution in [2.24, 2.45) is 0 Å². The van der Waals surface area contributed by atoms with Gasteiger partial charge in [-0.1, -0.05) is 11.6 Å². The molecule has 1 spiro atoms. The van der Waals surface area contributed by atoms with Gasteiger partial charge in [0.25, 0.3) is 5.91 Å². The van der Waals surface area contributed by atoms with Crippen LogP contribution in [0.15, 0.2) is 12.1 Å². The van der Waals surface area contributed by atoms with Crippen molar-refractivity contribution < 1.29 is 9.53 Å². The summed E-state index contributed by atoms with van der Waals surface area (Å²) in [6, 6.07) is 3.76. The summed E-state index contributed by atoms with van der Waals surface area (Å²) < 4.78 is 5.93. The van der Waals surface area contributed by atoms with E-state index in [9.17, 15) is 4.79 Å². The van der Waals surface area contributed by atoms with Crippen LogP contribution in [0.5, 0.6) is 5.75 Å². The zero-order valence-electron chi connectivity index (χ0n) is 11.1. The third-order valence-electron chi connectivity index (χ3n) is 4.06. The smallest absolute Gasteiger partial charge is 0.271 e. The van der Waals surface area contributed by atoms with Gasteiger partial charge in [-0.2, -0.15) is 5.10 Å². The first-order valence-electron chi connectivity index (χ1n) is 6.45. The molecule has 0 unspecified atom stereocenters. The molecular weight excluding hydrogens is 278 g/mol. The van der Waals surface area contributed by atoms with E-state index in [1.807, 2.05) is 19.1 Å². The van der Waals surface area contributed by atoms with E-state index in [2.05, 4.69) is 10.2 Å². The number of likely N-dealkylation sites (N-methyl/N-ethyl adjacent to an activating group) is 1. The fraction of sp³-hybridized carbons (Fsp3) is 0.357. The number of rotatable bonds is 0. The second-order valence-corrected chi connectivity index (χ2v) is 5.76. The standard InChI is InChI=1S/C14H12ClN3O2/c1-7-8-6-11-10(5-9(8)12(15)17-16-7)18(2)13(19)14(20-11)3-4-14/h5-6H,3-4H2,1-2H3. The highest BCUT2D eigenvalue weighted by Crippen LogP contribution is 2.50. The van der Waals surface area contributed by atoms with Crippen molar-refractivity contribution >= 4 is 34.0 Å². The predicted molar refractivity (Wildman–Crippen MR) is 75.3 cm³/mol. The van der Waals surface area contributed by atoms with Crippen LogP contribution in [0.4, 0.5) is 5.69 Å². The summed E-state index contributed by atoms with van der Waals surface area (Å²) in [5, 5.41) is 9.96. The Kier molecular flexibility index (Phi) is 2.15. The summed E-state index contributed by atoms with van der Waals surface area (Å²) >= 11 is 6.11. The molecule has 102 valence electrons. The Hall–Kier alpha value is -1.88. The lowest BCUT2D eigenvalue weighted by Gasteiger charge is -2.32. The minimum atomic E-state index is -0.631. The fourth-order valence-electron chi connectivity index (χ4n) is 2.71. The van der Waals surface area contributed by atoms with Crippen molar-refractivity contribution in [2.45, 2.75) is 25.4 Å². The van der Waals surface area contributed by atoms with Gasteiger partial charge in [0.1, 0.15) is 5.75 Å². The number of nitrogens with zero attached hydrogens (tertiary/aromatic N) is 3. The van der Waals surface area contributed by atoms with E-state index in [1.165, 1.54) is 0 Å². The highest BCUT2D eigenvalue weighted by Gasteiger charge is 2.57. The minimum Gasteiger partial charge on any atom is -0.475 e. The number of aryl methyl sites for hydroxylation is 1. The molecule has 0 atom stereocenters. The normalized spacial score (nSPS) is 19.1. The molecular formula is C14H12ClN3O2. The van der Waals surface area contributed by atoms with E-state index < -0.39 is 5.60 Å². The van der Waals surface area contributed by atoms with Crippen molar-refractivity contribution in [3.05, 3.63) is 23.0 Å². The molecule has 20 heavy (non-hydrogen) atoms. The number of anilines is 1. The Labute approximate surface area is 120 Å². The predicted octanol–water partition coefficient (Wildman–Crippen LogP) is 2.48. The summed E-state index contributed by atoms with van der Waals surface area (Å²) in [7, 11) is 1.77. The average molecular weight is 290 g/mol. The third-order valence-corrected chi connectivity index (χ3v) is 4.34. The molecule has 2 aromatic rings. The van der Waals surface area contributed by atoms with Crippen LogP contribution in [0, 0.1) is 6.92 Å². The van der Waals surface area contributed by atoms with E-state index in [4.69, 9.17) is 16.3 Å². The van der Waals surface area contributed by atoms with Crippen LogP contribution in [0.2, 0.25) is 5.15 Å². The molecule has 1 amide bonds. The highest BCUT2D eigenvalue weighted by molar-refractivity contribution is 6.34. The molecule has 1 fully saturated rings. The third kappa shape index (κ3) is 1.41. The monoisotopic (exact) mass is 289 g/mol. The fourth-order valence-corrected chi connectivity index (χ4v) is 2.90. The number of amides is 1. The zero-order valence-corrected chi connectivity index (χ0v) is 11.9. The quantitative estimate of drug-likeness (QED) is 0.748. The van der Waals surface area contributed by atoms with Crippen LogP contribution in [-0.2, 0) is 4.79 Å². The molecule has 6 heteroatoms. The molecule has 1 aliphatic heterocycles. The minimum absolute atomic E-state index is 0.0132. The molecule has 4 rings (SSSR count). The topological polar surface area (TPSA) is 55.3 Å². The molecule has 0 bridgehead atoms. The highest BCUT2D eigenvalue weighted by atomic mass is 35.5. The van der Waals surface area contributed by atoms with Crippen LogP contribution < -0.4 is 9.64 Å². The molecule has 1 saturated carbocycles. The number of hydrogen-bond acceptors (Lipinski definition) is 4. The molecule has 1 aromatic carbocycles. The van der Waals surface area contributed by atoms with Crippen molar-refractivity contribution in [1.82, 2.24) is 10.2 Å². The summed E-state index contributed by atoms with van der Waals surface area (Å²) in [6.07, 6.45) is 1.56. The maximum Gasteiger partial charge on any atom is 0.271 e. The van der Waals surface area contributed by atoms with Crippen LogP contribution in [0.1, 0.15) is 18.5 Å². The molecule has 1 aliphatic carbocycles. The Morgan fingerprint density at radius 3 is 2.75 bits per heavy atom. The Balaban J connectivity index is 2.01. The lowest BCUT2D eigenvalue weighted by atomic mass is 10.1. The molecule has 0 radical (unpaired) electrons. The summed E-state index contributed by atoms with van der Waals surface area (Å²) in [6.45, 7) is 1.88. The second-order valence-electron chi connectivity index (χ2n) is 5.40. The number of carbonyl (C=O) groups is 1. The van der Waals surface area contributed by atoms with Gasteiger partial charge in [-0.25, -0.2) is 0 Å². The SMILES string of the molecule is Cc1nnc(Cl)c2cc3c(cc12)OC1(CC1)C(=O)N3C. The van der Waals surface area contributed by atoms with Gasteiger partial charge in [0, 0.05) is 30.7 Å². The van der Waals surface area contributed by atoms with Gasteiger partial charge in [0.2, 0.25) is 0 Å². The van der Waals surface area contributed by atoms with Gasteiger partial charge < -0.3 is 9.64 Å². The first-order valence-corrected chi connectivity index (χ1v) is 6.83. The van der Waals surface area contributed by atoms with Crippen molar-refractivity contribution in [3.8, 4) is 5.75 Å². The van der Waals surface area contributed by atoms with Crippen LogP contribution in [-0.4, -0.2) is 28.8 Å². The molecule has 1 aromatic heterocycles. The van der Waals surface area contributed by atoms with E-state index in [0.29, 0.717) is 10.9 Å². The number of hydrogen-bond donors (Lipinski definition) is 0. The Morgan fingerprint density at radius 1 is 1.30 bits per heavy atom. The number of benzene rings is 1. The molecule has 0 N–H and O–H groups in total. The van der Waals surface area contributed by atoms with E-state index in [-0.39, 0.29) is 5.91 Å². The van der Waals surface area contributed by atoms with Gasteiger partial charge in [0.05, 0.1) is 11.4 Å². The van der Waals surface area contributed by atoms with Gasteiger partial charge >= 0.3 is 0 Å². The summed E-state index contributed by atoms with van der Waals surface area (Å²) in [5.74, 6) is 0.725. The zero-order chi connectivity index (χ0) is 14.1. The van der Waals surface area contributed by atoms with Gasteiger partial charge in [0.15, 0.2) is 10.8 Å². The Bertz CT molecular complexity index is 771. The van der Waals surface area contributed by atoms with E-state index >= 15 is 0 Å². The molecule has 2 heterocycles. The lowest BCUT2D eigenvalue weighted by Crippen LogP contribution is -2.45.